The average Bonchev–Trinajstić information content (AvgIpc) is 2.99. The molecule has 5 nitrogen and oxygen atoms in total. The summed E-state index contributed by atoms with van der Waals surface area (Å²) >= 11 is 1.49. The van der Waals surface area contributed by atoms with E-state index in [0.717, 1.165) is 39.9 Å². The van der Waals surface area contributed by atoms with E-state index >= 15 is 0 Å². The lowest BCUT2D eigenvalue weighted by Gasteiger charge is -2.13. The molecule has 1 N–H and O–H groups in total. The second kappa shape index (κ2) is 7.05. The Morgan fingerprint density at radius 3 is 2.68 bits per heavy atom. The third kappa shape index (κ3) is 3.94. The first-order chi connectivity index (χ1) is 10.4. The molecule has 22 heavy (non-hydrogen) atoms. The van der Waals surface area contributed by atoms with Gasteiger partial charge in [-0.2, -0.15) is 5.10 Å². The lowest BCUT2D eigenvalue weighted by atomic mass is 10.2. The second-order valence-electron chi connectivity index (χ2n) is 5.80. The lowest BCUT2D eigenvalue weighted by molar-refractivity contribution is 0.0950. The van der Waals surface area contributed by atoms with Crippen LogP contribution in [-0.4, -0.2) is 27.2 Å². The number of thiazole rings is 1. The van der Waals surface area contributed by atoms with Crippen LogP contribution in [0.3, 0.4) is 0 Å². The summed E-state index contributed by atoms with van der Waals surface area (Å²) in [5.74, 6) is 0.302. The molecule has 6 heteroatoms. The summed E-state index contributed by atoms with van der Waals surface area (Å²) < 4.78 is 2.00. The van der Waals surface area contributed by atoms with Crippen molar-refractivity contribution in [2.75, 3.05) is 6.54 Å². The predicted molar refractivity (Wildman–Crippen MR) is 89.4 cm³/mol. The van der Waals surface area contributed by atoms with Gasteiger partial charge in [-0.15, -0.1) is 11.3 Å². The molecule has 1 atom stereocenters. The van der Waals surface area contributed by atoms with E-state index in [2.05, 4.69) is 42.2 Å². The molecule has 0 saturated carbocycles. The van der Waals surface area contributed by atoms with Crippen LogP contribution in [0.25, 0.3) is 0 Å². The van der Waals surface area contributed by atoms with Crippen molar-refractivity contribution in [2.45, 2.75) is 47.6 Å². The minimum Gasteiger partial charge on any atom is -0.351 e. The molecule has 0 spiro atoms. The van der Waals surface area contributed by atoms with E-state index in [-0.39, 0.29) is 5.91 Å². The first kappa shape index (κ1) is 16.7. The zero-order chi connectivity index (χ0) is 16.3. The fraction of sp³-hybridized carbons (Fsp3) is 0.562. The van der Waals surface area contributed by atoms with Gasteiger partial charge in [0.05, 0.1) is 16.4 Å². The largest absolute Gasteiger partial charge is 0.351 e. The molecule has 2 rings (SSSR count). The van der Waals surface area contributed by atoms with Gasteiger partial charge in [-0.1, -0.05) is 13.8 Å². The minimum atomic E-state index is -0.0186. The maximum absolute atomic E-state index is 12.3. The van der Waals surface area contributed by atoms with Crippen molar-refractivity contribution in [1.82, 2.24) is 20.1 Å². The molecule has 0 aliphatic rings. The number of carbonyl (C=O) groups is 1. The monoisotopic (exact) mass is 320 g/mol. The molecular formula is C16H24N4OS. The Hall–Kier alpha value is -1.69. The number of aromatic nitrogens is 3. The fourth-order valence-electron chi connectivity index (χ4n) is 2.38. The highest BCUT2D eigenvalue weighted by molar-refractivity contribution is 7.13. The summed E-state index contributed by atoms with van der Waals surface area (Å²) in [6.07, 6.45) is 0.868. The number of nitrogens with one attached hydrogen (secondary N) is 1. The Labute approximate surface area is 135 Å². The van der Waals surface area contributed by atoms with E-state index in [1.807, 2.05) is 18.5 Å². The van der Waals surface area contributed by atoms with Crippen LogP contribution in [0.2, 0.25) is 0 Å². The first-order valence-corrected chi connectivity index (χ1v) is 8.47. The van der Waals surface area contributed by atoms with E-state index < -0.39 is 0 Å². The maximum atomic E-state index is 12.3. The summed E-state index contributed by atoms with van der Waals surface area (Å²) in [7, 11) is 0. The van der Waals surface area contributed by atoms with Crippen LogP contribution in [0, 0.1) is 26.7 Å². The van der Waals surface area contributed by atoms with Crippen molar-refractivity contribution in [3.05, 3.63) is 33.0 Å². The molecule has 120 valence electrons. The molecule has 1 amide bonds. The van der Waals surface area contributed by atoms with Crippen LogP contribution in [0.1, 0.15) is 45.6 Å². The van der Waals surface area contributed by atoms with Gasteiger partial charge in [-0.05, 0) is 39.2 Å². The van der Waals surface area contributed by atoms with Gasteiger partial charge < -0.3 is 5.32 Å². The van der Waals surface area contributed by atoms with Crippen molar-refractivity contribution < 1.29 is 4.79 Å². The number of rotatable bonds is 6. The number of amides is 1. The van der Waals surface area contributed by atoms with Gasteiger partial charge in [0.1, 0.15) is 4.88 Å². The van der Waals surface area contributed by atoms with Crippen molar-refractivity contribution in [1.29, 1.82) is 0 Å². The smallest absolute Gasteiger partial charge is 0.263 e. The normalized spacial score (nSPS) is 12.4. The SMILES string of the molecule is CCc1nc(C)c(C(=O)NC[C@@H](C)Cn2nc(C)cc2C)s1. The van der Waals surface area contributed by atoms with Crippen LogP contribution in [0.4, 0.5) is 0 Å². The average molecular weight is 320 g/mol. The minimum absolute atomic E-state index is 0.0186. The summed E-state index contributed by atoms with van der Waals surface area (Å²) in [5, 5.41) is 8.49. The van der Waals surface area contributed by atoms with Gasteiger partial charge in [0.25, 0.3) is 5.91 Å². The highest BCUT2D eigenvalue weighted by Gasteiger charge is 2.15. The number of nitrogens with zero attached hydrogens (tertiary/aromatic N) is 3. The Balaban J connectivity index is 1.90. The van der Waals surface area contributed by atoms with Crippen LogP contribution < -0.4 is 5.32 Å². The number of aryl methyl sites for hydroxylation is 4. The van der Waals surface area contributed by atoms with E-state index in [9.17, 15) is 4.79 Å². The molecule has 2 aromatic heterocycles. The van der Waals surface area contributed by atoms with E-state index in [4.69, 9.17) is 0 Å². The molecule has 0 radical (unpaired) electrons. The van der Waals surface area contributed by atoms with Gasteiger partial charge in [0.2, 0.25) is 0 Å². The molecule has 2 aromatic rings. The highest BCUT2D eigenvalue weighted by atomic mass is 32.1. The topological polar surface area (TPSA) is 59.8 Å². The first-order valence-electron chi connectivity index (χ1n) is 7.66. The number of hydrogen-bond acceptors (Lipinski definition) is 4. The van der Waals surface area contributed by atoms with Crippen molar-refractivity contribution in [3.8, 4) is 0 Å². The zero-order valence-electron chi connectivity index (χ0n) is 13.9. The van der Waals surface area contributed by atoms with E-state index in [1.165, 1.54) is 11.3 Å². The second-order valence-corrected chi connectivity index (χ2v) is 6.88. The Kier molecular flexibility index (Phi) is 5.34. The van der Waals surface area contributed by atoms with Crippen molar-refractivity contribution in [2.24, 2.45) is 5.92 Å². The third-order valence-electron chi connectivity index (χ3n) is 3.55. The number of hydrogen-bond donors (Lipinski definition) is 1. The Morgan fingerprint density at radius 1 is 1.41 bits per heavy atom. The summed E-state index contributed by atoms with van der Waals surface area (Å²) in [6.45, 7) is 11.6. The molecule has 0 saturated heterocycles. The standard InChI is InChI=1S/C16H24N4OS/c1-6-14-18-13(5)15(22-14)16(21)17-8-10(2)9-20-12(4)7-11(3)19-20/h7,10H,6,8-9H2,1-5H3,(H,17,21)/t10-/m1/s1. The van der Waals surface area contributed by atoms with Crippen LogP contribution in [-0.2, 0) is 13.0 Å². The van der Waals surface area contributed by atoms with E-state index in [0.29, 0.717) is 12.5 Å². The molecule has 0 bridgehead atoms. The van der Waals surface area contributed by atoms with Gasteiger partial charge in [0.15, 0.2) is 0 Å². The highest BCUT2D eigenvalue weighted by Crippen LogP contribution is 2.18. The molecule has 0 aliphatic heterocycles. The molecule has 0 fully saturated rings. The predicted octanol–water partition coefficient (Wildman–Crippen LogP) is 2.89. The summed E-state index contributed by atoms with van der Waals surface area (Å²) in [6, 6.07) is 2.07. The van der Waals surface area contributed by atoms with Crippen LogP contribution in [0.15, 0.2) is 6.07 Å². The maximum Gasteiger partial charge on any atom is 0.263 e. The lowest BCUT2D eigenvalue weighted by Crippen LogP contribution is -2.30. The Bertz CT molecular complexity index is 659. The fourth-order valence-corrected chi connectivity index (χ4v) is 3.30. The Morgan fingerprint density at radius 2 is 2.14 bits per heavy atom. The van der Waals surface area contributed by atoms with E-state index in [1.54, 1.807) is 0 Å². The van der Waals surface area contributed by atoms with Gasteiger partial charge >= 0.3 is 0 Å². The van der Waals surface area contributed by atoms with Gasteiger partial charge in [-0.25, -0.2) is 4.98 Å². The molecule has 0 aliphatic carbocycles. The molecule has 0 aromatic carbocycles. The van der Waals surface area contributed by atoms with Crippen molar-refractivity contribution >= 4 is 17.2 Å². The van der Waals surface area contributed by atoms with Gasteiger partial charge in [-0.3, -0.25) is 9.48 Å². The zero-order valence-corrected chi connectivity index (χ0v) is 14.8. The summed E-state index contributed by atoms with van der Waals surface area (Å²) in [4.78, 5) is 17.4. The summed E-state index contributed by atoms with van der Waals surface area (Å²) in [5.41, 5.74) is 3.01. The van der Waals surface area contributed by atoms with Crippen LogP contribution in [0.5, 0.6) is 0 Å². The van der Waals surface area contributed by atoms with Gasteiger partial charge in [0, 0.05) is 18.8 Å². The molecule has 2 heterocycles. The van der Waals surface area contributed by atoms with Crippen LogP contribution >= 0.6 is 11.3 Å². The quantitative estimate of drug-likeness (QED) is 0.890. The molecular weight excluding hydrogens is 296 g/mol. The molecule has 0 unspecified atom stereocenters. The third-order valence-corrected chi connectivity index (χ3v) is 4.85. The number of carbonyl (C=O) groups excluding carboxylic acids is 1. The van der Waals surface area contributed by atoms with Crippen molar-refractivity contribution in [3.63, 3.8) is 0 Å².